The third-order valence-corrected chi connectivity index (χ3v) is 4.58. The number of halogens is 2. The summed E-state index contributed by atoms with van der Waals surface area (Å²) in [6.45, 7) is 1.46. The van der Waals surface area contributed by atoms with Gasteiger partial charge in [0.2, 0.25) is 5.95 Å². The average Bonchev–Trinajstić information content (AvgIpc) is 2.68. The van der Waals surface area contributed by atoms with Crippen LogP contribution in [0, 0.1) is 11.6 Å². The van der Waals surface area contributed by atoms with E-state index in [0.29, 0.717) is 0 Å². The molecule has 5 nitrogen and oxygen atoms in total. The van der Waals surface area contributed by atoms with Gasteiger partial charge in [-0.15, -0.1) is 0 Å². The number of rotatable bonds is 4. The molecule has 2 rings (SSSR count). The Balaban J connectivity index is 2.48. The number of nitrogens with zero attached hydrogens (tertiary/aromatic N) is 2. The van der Waals surface area contributed by atoms with Gasteiger partial charge in [-0.3, -0.25) is 0 Å². The van der Waals surface area contributed by atoms with Gasteiger partial charge in [-0.05, 0) is 12.1 Å². The lowest BCUT2D eigenvalue weighted by atomic mass is 10.3. The van der Waals surface area contributed by atoms with Crippen molar-refractivity contribution >= 4 is 26.8 Å². The van der Waals surface area contributed by atoms with Crippen molar-refractivity contribution in [1.29, 1.82) is 0 Å². The van der Waals surface area contributed by atoms with Crippen molar-refractivity contribution in [2.75, 3.05) is 17.2 Å². The topological polar surface area (TPSA) is 78.0 Å². The molecule has 1 aromatic carbocycles. The van der Waals surface area contributed by atoms with E-state index < -0.39 is 21.5 Å². The minimum Gasteiger partial charge on any atom is -0.369 e. The number of fused-ring (bicyclic) bond motifs is 1. The van der Waals surface area contributed by atoms with E-state index in [2.05, 4.69) is 4.98 Å². The number of benzene rings is 1. The fourth-order valence-corrected chi connectivity index (χ4v) is 2.53. The van der Waals surface area contributed by atoms with Crippen molar-refractivity contribution in [2.45, 2.75) is 13.5 Å². The molecular weight excluding hydrogens is 276 g/mol. The molecule has 0 spiro atoms. The molecule has 0 aliphatic carbocycles. The monoisotopic (exact) mass is 289 g/mol. The number of imidazole rings is 1. The molecule has 2 aromatic rings. The lowest BCUT2D eigenvalue weighted by Crippen LogP contribution is -2.16. The highest BCUT2D eigenvalue weighted by molar-refractivity contribution is 7.91. The summed E-state index contributed by atoms with van der Waals surface area (Å²) in [6, 6.07) is 2.26. The first-order valence-electron chi connectivity index (χ1n) is 5.66. The minimum atomic E-state index is -3.22. The highest BCUT2D eigenvalue weighted by Crippen LogP contribution is 2.23. The van der Waals surface area contributed by atoms with E-state index in [0.717, 1.165) is 6.07 Å². The maximum atomic E-state index is 13.7. The molecule has 0 saturated heterocycles. The van der Waals surface area contributed by atoms with Crippen LogP contribution in [0.15, 0.2) is 12.1 Å². The van der Waals surface area contributed by atoms with Gasteiger partial charge in [0, 0.05) is 12.3 Å². The van der Waals surface area contributed by atoms with E-state index in [1.807, 2.05) is 0 Å². The first-order chi connectivity index (χ1) is 8.85. The van der Waals surface area contributed by atoms with Crippen LogP contribution in [0.5, 0.6) is 0 Å². The van der Waals surface area contributed by atoms with Gasteiger partial charge in [0.25, 0.3) is 0 Å². The summed E-state index contributed by atoms with van der Waals surface area (Å²) in [6.07, 6.45) is 0. The summed E-state index contributed by atoms with van der Waals surface area (Å²) in [4.78, 5) is 3.88. The van der Waals surface area contributed by atoms with Crippen molar-refractivity contribution in [3.8, 4) is 0 Å². The van der Waals surface area contributed by atoms with Gasteiger partial charge in [0.15, 0.2) is 21.5 Å². The van der Waals surface area contributed by atoms with Crippen molar-refractivity contribution in [1.82, 2.24) is 9.55 Å². The van der Waals surface area contributed by atoms with Crippen LogP contribution in [0.1, 0.15) is 6.92 Å². The third-order valence-electron chi connectivity index (χ3n) is 2.89. The quantitative estimate of drug-likeness (QED) is 0.921. The number of aromatic nitrogens is 2. The molecule has 0 radical (unpaired) electrons. The highest BCUT2D eigenvalue weighted by atomic mass is 32.2. The van der Waals surface area contributed by atoms with Gasteiger partial charge >= 0.3 is 0 Å². The Morgan fingerprint density at radius 2 is 2.05 bits per heavy atom. The molecule has 0 unspecified atom stereocenters. The second-order valence-electron chi connectivity index (χ2n) is 4.09. The van der Waals surface area contributed by atoms with Gasteiger partial charge < -0.3 is 10.3 Å². The molecule has 2 N–H and O–H groups in total. The highest BCUT2D eigenvalue weighted by Gasteiger charge is 2.17. The maximum absolute atomic E-state index is 13.7. The summed E-state index contributed by atoms with van der Waals surface area (Å²) in [5, 5.41) is 0. The molecular formula is C11H13F2N3O2S. The van der Waals surface area contributed by atoms with Crippen LogP contribution in [0.3, 0.4) is 0 Å². The molecule has 0 aliphatic rings. The molecule has 0 fully saturated rings. The second kappa shape index (κ2) is 4.76. The molecule has 1 aromatic heterocycles. The van der Waals surface area contributed by atoms with Gasteiger partial charge in [0.1, 0.15) is 5.52 Å². The Labute approximate surface area is 109 Å². The first kappa shape index (κ1) is 13.7. The number of nitrogens with two attached hydrogens (primary N) is 1. The Morgan fingerprint density at radius 1 is 1.37 bits per heavy atom. The molecule has 8 heteroatoms. The fourth-order valence-electron chi connectivity index (χ4n) is 1.78. The average molecular weight is 289 g/mol. The number of hydrogen-bond acceptors (Lipinski definition) is 4. The van der Waals surface area contributed by atoms with Crippen molar-refractivity contribution < 1.29 is 17.2 Å². The van der Waals surface area contributed by atoms with E-state index in [4.69, 9.17) is 5.73 Å². The zero-order valence-electron chi connectivity index (χ0n) is 10.2. The standard InChI is InChI=1S/C11H13F2N3O2S/c1-2-19(17,18)6-5-16-10-8(15-11(16)14)4-3-7(12)9(10)13/h3-4H,2,5-6H2,1H3,(H2,14,15). The molecule has 0 saturated carbocycles. The summed E-state index contributed by atoms with van der Waals surface area (Å²) in [5.74, 6) is -2.35. The number of hydrogen-bond donors (Lipinski definition) is 1. The molecule has 1 heterocycles. The Bertz CT molecular complexity index is 725. The van der Waals surface area contributed by atoms with Gasteiger partial charge in [-0.25, -0.2) is 22.2 Å². The summed E-state index contributed by atoms with van der Waals surface area (Å²) < 4.78 is 51.0. The van der Waals surface area contributed by atoms with Gasteiger partial charge in [-0.2, -0.15) is 0 Å². The lowest BCUT2D eigenvalue weighted by molar-refractivity contribution is 0.512. The Morgan fingerprint density at radius 3 is 2.68 bits per heavy atom. The molecule has 0 atom stereocenters. The predicted molar refractivity (Wildman–Crippen MR) is 68.4 cm³/mol. The summed E-state index contributed by atoms with van der Waals surface area (Å²) in [5.41, 5.74) is 5.70. The van der Waals surface area contributed by atoms with E-state index in [1.54, 1.807) is 0 Å². The summed E-state index contributed by atoms with van der Waals surface area (Å²) >= 11 is 0. The van der Waals surface area contributed by atoms with Crippen LogP contribution in [-0.4, -0.2) is 29.5 Å². The normalized spacial score (nSPS) is 12.2. The van der Waals surface area contributed by atoms with Crippen molar-refractivity contribution in [3.63, 3.8) is 0 Å². The third kappa shape index (κ3) is 2.53. The minimum absolute atomic E-state index is 0.0175. The van der Waals surface area contributed by atoms with E-state index in [-0.39, 0.29) is 35.0 Å². The van der Waals surface area contributed by atoms with E-state index >= 15 is 0 Å². The Hall–Kier alpha value is -1.70. The SMILES string of the molecule is CCS(=O)(=O)CCn1c(N)nc2ccc(F)c(F)c21. The zero-order chi connectivity index (χ0) is 14.2. The van der Waals surface area contributed by atoms with Crippen molar-refractivity contribution in [3.05, 3.63) is 23.8 Å². The molecule has 104 valence electrons. The van der Waals surface area contributed by atoms with Crippen LogP contribution in [0.2, 0.25) is 0 Å². The van der Waals surface area contributed by atoms with Gasteiger partial charge in [-0.1, -0.05) is 6.92 Å². The number of anilines is 1. The van der Waals surface area contributed by atoms with Crippen molar-refractivity contribution in [2.24, 2.45) is 0 Å². The van der Waals surface area contributed by atoms with Crippen LogP contribution >= 0.6 is 0 Å². The molecule has 19 heavy (non-hydrogen) atoms. The maximum Gasteiger partial charge on any atom is 0.201 e. The molecule has 0 amide bonds. The lowest BCUT2D eigenvalue weighted by Gasteiger charge is -2.07. The number of nitrogen functional groups attached to an aromatic ring is 1. The fraction of sp³-hybridized carbons (Fsp3) is 0.364. The number of sulfone groups is 1. The molecule has 0 bridgehead atoms. The number of aryl methyl sites for hydroxylation is 1. The van der Waals surface area contributed by atoms with Crippen LogP contribution < -0.4 is 5.73 Å². The molecule has 0 aliphatic heterocycles. The van der Waals surface area contributed by atoms with E-state index in [9.17, 15) is 17.2 Å². The predicted octanol–water partition coefficient (Wildman–Crippen LogP) is 1.33. The summed E-state index contributed by atoms with van der Waals surface area (Å²) in [7, 11) is -3.22. The smallest absolute Gasteiger partial charge is 0.201 e. The van der Waals surface area contributed by atoms with Crippen LogP contribution in [0.4, 0.5) is 14.7 Å². The zero-order valence-corrected chi connectivity index (χ0v) is 11.0. The van der Waals surface area contributed by atoms with E-state index in [1.165, 1.54) is 17.6 Å². The second-order valence-corrected chi connectivity index (χ2v) is 6.56. The Kier molecular flexibility index (Phi) is 3.44. The van der Waals surface area contributed by atoms with Crippen LogP contribution in [-0.2, 0) is 16.4 Å². The first-order valence-corrected chi connectivity index (χ1v) is 7.48. The largest absolute Gasteiger partial charge is 0.369 e. The van der Waals surface area contributed by atoms with Gasteiger partial charge in [0.05, 0.1) is 11.3 Å². The van der Waals surface area contributed by atoms with Crippen LogP contribution in [0.25, 0.3) is 11.0 Å².